The van der Waals surface area contributed by atoms with E-state index in [1.54, 1.807) is 20.8 Å². The summed E-state index contributed by atoms with van der Waals surface area (Å²) in [7, 11) is 0. The Morgan fingerprint density at radius 1 is 1.28 bits per heavy atom. The molecule has 1 amide bonds. The van der Waals surface area contributed by atoms with Crippen LogP contribution in [0, 0.1) is 4.91 Å². The predicted octanol–water partition coefficient (Wildman–Crippen LogP) is 3.81. The summed E-state index contributed by atoms with van der Waals surface area (Å²) in [6, 6.07) is 5.51. The number of carbonyl (C=O) groups excluding carboxylic acids is 2. The molecule has 1 aliphatic rings. The Labute approximate surface area is 146 Å². The number of benzene rings is 1. The molecule has 1 aromatic carbocycles. The lowest BCUT2D eigenvalue weighted by atomic mass is 10.2. The summed E-state index contributed by atoms with van der Waals surface area (Å²) < 4.78 is 10.7. The normalized spacial score (nSPS) is 17.3. The van der Waals surface area contributed by atoms with Crippen LogP contribution in [-0.2, 0) is 9.47 Å². The van der Waals surface area contributed by atoms with E-state index in [4.69, 9.17) is 9.47 Å². The molecule has 0 aromatic heterocycles. The second-order valence-corrected chi connectivity index (χ2v) is 6.95. The van der Waals surface area contributed by atoms with Crippen molar-refractivity contribution in [3.05, 3.63) is 46.9 Å². The van der Waals surface area contributed by atoms with Gasteiger partial charge < -0.3 is 9.47 Å². The third-order valence-corrected chi connectivity index (χ3v) is 3.60. The van der Waals surface area contributed by atoms with Crippen molar-refractivity contribution < 1.29 is 19.1 Å². The molecule has 0 aliphatic carbocycles. The van der Waals surface area contributed by atoms with Gasteiger partial charge in [0.1, 0.15) is 17.9 Å². The summed E-state index contributed by atoms with van der Waals surface area (Å²) in [6.07, 6.45) is 0.106. The molecule has 0 N–H and O–H groups in total. The van der Waals surface area contributed by atoms with E-state index in [2.05, 4.69) is 11.8 Å². The van der Waals surface area contributed by atoms with Gasteiger partial charge in [-0.3, -0.25) is 4.90 Å². The van der Waals surface area contributed by atoms with Crippen LogP contribution in [0.25, 0.3) is 0 Å². The molecule has 0 spiro atoms. The molecule has 7 heteroatoms. The van der Waals surface area contributed by atoms with Crippen LogP contribution < -0.4 is 0 Å². The lowest BCUT2D eigenvalue weighted by Crippen LogP contribution is -2.42. The SMILES string of the molecule is C=C1C[C@@H](COC(=O)c2ccc(N=O)cc2)N(C(=O)OC(C)(C)C)C1. The predicted molar refractivity (Wildman–Crippen MR) is 92.7 cm³/mol. The molecule has 0 radical (unpaired) electrons. The van der Waals surface area contributed by atoms with E-state index < -0.39 is 17.7 Å². The molecule has 2 rings (SSSR count). The highest BCUT2D eigenvalue weighted by atomic mass is 16.6. The highest BCUT2D eigenvalue weighted by Crippen LogP contribution is 2.24. The molecule has 25 heavy (non-hydrogen) atoms. The van der Waals surface area contributed by atoms with Gasteiger partial charge >= 0.3 is 12.1 Å². The first kappa shape index (κ1) is 18.6. The maximum absolute atomic E-state index is 12.3. The molecule has 1 saturated heterocycles. The molecule has 1 fully saturated rings. The van der Waals surface area contributed by atoms with Crippen molar-refractivity contribution >= 4 is 17.7 Å². The van der Waals surface area contributed by atoms with Gasteiger partial charge in [-0.2, -0.15) is 0 Å². The molecule has 0 bridgehead atoms. The smallest absolute Gasteiger partial charge is 0.410 e. The maximum Gasteiger partial charge on any atom is 0.410 e. The zero-order valence-corrected chi connectivity index (χ0v) is 14.7. The summed E-state index contributed by atoms with van der Waals surface area (Å²) in [5.74, 6) is -0.529. The number of hydrogen-bond acceptors (Lipinski definition) is 6. The summed E-state index contributed by atoms with van der Waals surface area (Å²) in [4.78, 5) is 36.3. The molecule has 134 valence electrons. The molecule has 1 aromatic rings. The second kappa shape index (κ2) is 7.46. The number of carbonyl (C=O) groups is 2. The minimum absolute atomic E-state index is 0.0464. The lowest BCUT2D eigenvalue weighted by Gasteiger charge is -2.28. The van der Waals surface area contributed by atoms with Crippen molar-refractivity contribution in [1.82, 2.24) is 4.90 Å². The molecule has 0 unspecified atom stereocenters. The number of ether oxygens (including phenoxy) is 2. The molecule has 0 saturated carbocycles. The topological polar surface area (TPSA) is 85.3 Å². The maximum atomic E-state index is 12.3. The molecular formula is C18H22N2O5. The van der Waals surface area contributed by atoms with Crippen LogP contribution in [0.4, 0.5) is 10.5 Å². The van der Waals surface area contributed by atoms with Gasteiger partial charge in [0, 0.05) is 6.54 Å². The van der Waals surface area contributed by atoms with E-state index in [9.17, 15) is 14.5 Å². The van der Waals surface area contributed by atoms with Crippen molar-refractivity contribution in [2.75, 3.05) is 13.2 Å². The summed E-state index contributed by atoms with van der Waals surface area (Å²) >= 11 is 0. The van der Waals surface area contributed by atoms with Gasteiger partial charge in [-0.15, -0.1) is 4.91 Å². The molecule has 1 aliphatic heterocycles. The number of amides is 1. The van der Waals surface area contributed by atoms with E-state index in [-0.39, 0.29) is 18.3 Å². The molecular weight excluding hydrogens is 324 g/mol. The fourth-order valence-electron chi connectivity index (χ4n) is 2.47. The van der Waals surface area contributed by atoms with Crippen molar-refractivity contribution in [2.24, 2.45) is 5.18 Å². The largest absolute Gasteiger partial charge is 0.460 e. The first-order chi connectivity index (χ1) is 11.7. The van der Waals surface area contributed by atoms with E-state index in [0.29, 0.717) is 18.5 Å². The second-order valence-electron chi connectivity index (χ2n) is 6.95. The van der Waals surface area contributed by atoms with E-state index in [1.165, 1.54) is 29.2 Å². The van der Waals surface area contributed by atoms with Gasteiger partial charge in [0.25, 0.3) is 0 Å². The molecule has 7 nitrogen and oxygen atoms in total. The van der Waals surface area contributed by atoms with Gasteiger partial charge in [0.05, 0.1) is 11.6 Å². The third-order valence-electron chi connectivity index (χ3n) is 3.60. The van der Waals surface area contributed by atoms with Crippen LogP contribution in [0.3, 0.4) is 0 Å². The van der Waals surface area contributed by atoms with Gasteiger partial charge in [0.15, 0.2) is 0 Å². The zero-order chi connectivity index (χ0) is 18.6. The highest BCUT2D eigenvalue weighted by molar-refractivity contribution is 5.89. The fraction of sp³-hybridized carbons (Fsp3) is 0.444. The number of hydrogen-bond donors (Lipinski definition) is 0. The number of rotatable bonds is 4. The van der Waals surface area contributed by atoms with E-state index in [0.717, 1.165) is 5.57 Å². The van der Waals surface area contributed by atoms with Crippen LogP contribution in [0.5, 0.6) is 0 Å². The third kappa shape index (κ3) is 5.14. The average molecular weight is 346 g/mol. The number of likely N-dealkylation sites (tertiary alicyclic amines) is 1. The van der Waals surface area contributed by atoms with Crippen LogP contribution in [0.1, 0.15) is 37.6 Å². The minimum atomic E-state index is -0.601. The fourth-order valence-corrected chi connectivity index (χ4v) is 2.47. The van der Waals surface area contributed by atoms with Crippen LogP contribution in [0.15, 0.2) is 41.6 Å². The number of esters is 1. The lowest BCUT2D eigenvalue weighted by molar-refractivity contribution is 0.0107. The molecule has 1 atom stereocenters. The van der Waals surface area contributed by atoms with Gasteiger partial charge in [0.2, 0.25) is 0 Å². The summed E-state index contributed by atoms with van der Waals surface area (Å²) in [6.45, 7) is 9.72. The zero-order valence-electron chi connectivity index (χ0n) is 14.7. The Morgan fingerprint density at radius 3 is 2.48 bits per heavy atom. The first-order valence-electron chi connectivity index (χ1n) is 7.96. The minimum Gasteiger partial charge on any atom is -0.460 e. The van der Waals surface area contributed by atoms with Crippen molar-refractivity contribution in [2.45, 2.75) is 38.8 Å². The van der Waals surface area contributed by atoms with Crippen molar-refractivity contribution in [3.8, 4) is 0 Å². The van der Waals surface area contributed by atoms with Gasteiger partial charge in [-0.25, -0.2) is 9.59 Å². The standard InChI is InChI=1S/C18H22N2O5/c1-12-9-15(20(10-12)17(22)25-18(2,3)4)11-24-16(21)13-5-7-14(19-23)8-6-13/h5-8,15H,1,9-11H2,2-4H3/t15-/m0/s1. The van der Waals surface area contributed by atoms with E-state index in [1.807, 2.05) is 0 Å². The summed E-state index contributed by atoms with van der Waals surface area (Å²) in [5.41, 5.74) is 0.831. The number of nitrogens with zero attached hydrogens (tertiary/aromatic N) is 2. The Kier molecular flexibility index (Phi) is 5.56. The Bertz CT molecular complexity index is 676. The summed E-state index contributed by atoms with van der Waals surface area (Å²) in [5, 5.41) is 2.78. The van der Waals surface area contributed by atoms with Gasteiger partial charge in [-0.1, -0.05) is 12.2 Å². The number of nitroso groups, excluding NO2 is 1. The van der Waals surface area contributed by atoms with E-state index >= 15 is 0 Å². The average Bonchev–Trinajstić information content (AvgIpc) is 2.92. The first-order valence-corrected chi connectivity index (χ1v) is 7.96. The Balaban J connectivity index is 1.97. The van der Waals surface area contributed by atoms with Crippen LogP contribution in [0.2, 0.25) is 0 Å². The Morgan fingerprint density at radius 2 is 1.92 bits per heavy atom. The Hall–Kier alpha value is -2.70. The highest BCUT2D eigenvalue weighted by Gasteiger charge is 2.34. The monoisotopic (exact) mass is 346 g/mol. The van der Waals surface area contributed by atoms with Crippen molar-refractivity contribution in [3.63, 3.8) is 0 Å². The van der Waals surface area contributed by atoms with Crippen LogP contribution >= 0.6 is 0 Å². The van der Waals surface area contributed by atoms with Crippen LogP contribution in [-0.4, -0.2) is 41.8 Å². The van der Waals surface area contributed by atoms with Gasteiger partial charge in [-0.05, 0) is 56.6 Å². The quantitative estimate of drug-likeness (QED) is 0.470. The van der Waals surface area contributed by atoms with Crippen molar-refractivity contribution in [1.29, 1.82) is 0 Å². The molecule has 1 heterocycles.